The highest BCUT2D eigenvalue weighted by molar-refractivity contribution is 6.07. The molecule has 35 heavy (non-hydrogen) atoms. The van der Waals surface area contributed by atoms with Gasteiger partial charge in [0.15, 0.2) is 0 Å². The van der Waals surface area contributed by atoms with Crippen LogP contribution in [-0.2, 0) is 5.41 Å². The molecule has 0 radical (unpaired) electrons. The standard InChI is InChI=1S/C30H30N2O3/c1-30(2,3)19-6-9-22(29(33)34)25(16-19)28-23-10-7-20(31-12-4-13-31)17-26(23)35-27-18-21(8-11-24(27)28)32-14-5-15-32/h6-11,16-18H,4-5,12-15H2,1-3H3. The molecular formula is C30H30N2O3. The van der Waals surface area contributed by atoms with Crippen molar-refractivity contribution in [2.45, 2.75) is 39.0 Å². The van der Waals surface area contributed by atoms with E-state index in [-0.39, 0.29) is 11.0 Å². The summed E-state index contributed by atoms with van der Waals surface area (Å²) >= 11 is 0. The highest BCUT2D eigenvalue weighted by Crippen LogP contribution is 2.43. The van der Waals surface area contributed by atoms with Crippen molar-refractivity contribution in [1.82, 2.24) is 4.58 Å². The second kappa shape index (κ2) is 7.98. The van der Waals surface area contributed by atoms with Crippen molar-refractivity contribution in [3.05, 3.63) is 71.1 Å². The summed E-state index contributed by atoms with van der Waals surface area (Å²) in [5, 5.41) is 14.3. The monoisotopic (exact) mass is 466 g/mol. The van der Waals surface area contributed by atoms with E-state index in [1.54, 1.807) is 6.07 Å². The van der Waals surface area contributed by atoms with Gasteiger partial charge >= 0.3 is 0 Å². The van der Waals surface area contributed by atoms with Crippen LogP contribution in [0.15, 0.2) is 59.0 Å². The average Bonchev–Trinajstić information content (AvgIpc) is 2.74. The number of carbonyl (C=O) groups excluding carboxylic acids is 1. The number of aromatic carboxylic acids is 1. The van der Waals surface area contributed by atoms with Crippen LogP contribution in [0.3, 0.4) is 0 Å². The van der Waals surface area contributed by atoms with Crippen molar-refractivity contribution >= 4 is 22.6 Å². The second-order valence-corrected chi connectivity index (χ2v) is 10.8. The molecule has 178 valence electrons. The van der Waals surface area contributed by atoms with Gasteiger partial charge in [0.2, 0.25) is 5.36 Å². The lowest BCUT2D eigenvalue weighted by molar-refractivity contribution is -0.254. The number of nitrogens with zero attached hydrogens (tertiary/aromatic N) is 2. The van der Waals surface area contributed by atoms with Gasteiger partial charge in [-0.2, -0.15) is 0 Å². The number of hydrogen-bond donors (Lipinski definition) is 0. The van der Waals surface area contributed by atoms with Crippen LogP contribution in [0.25, 0.3) is 33.4 Å². The van der Waals surface area contributed by atoms with Gasteiger partial charge in [0.05, 0.1) is 18.5 Å². The molecule has 0 spiro atoms. The molecule has 0 saturated carbocycles. The van der Waals surface area contributed by atoms with Crippen LogP contribution in [-0.4, -0.2) is 32.1 Å². The average molecular weight is 467 g/mol. The molecule has 0 unspecified atom stereocenters. The number of carboxylic acids is 1. The number of carbonyl (C=O) groups is 1. The van der Waals surface area contributed by atoms with Gasteiger partial charge in [-0.1, -0.05) is 32.9 Å². The summed E-state index contributed by atoms with van der Waals surface area (Å²) < 4.78 is 8.84. The fourth-order valence-electron chi connectivity index (χ4n) is 5.10. The number of benzene rings is 3. The molecule has 2 fully saturated rings. The molecule has 0 aromatic heterocycles. The number of rotatable bonds is 3. The number of fused-ring (bicyclic) bond motifs is 2. The lowest BCUT2D eigenvalue weighted by atomic mass is 9.82. The molecular weight excluding hydrogens is 436 g/mol. The minimum Gasteiger partial charge on any atom is -0.545 e. The van der Waals surface area contributed by atoms with Gasteiger partial charge in [-0.05, 0) is 47.2 Å². The molecule has 0 N–H and O–H groups in total. The molecule has 2 aromatic rings. The van der Waals surface area contributed by atoms with E-state index in [9.17, 15) is 9.90 Å². The first-order valence-corrected chi connectivity index (χ1v) is 12.5. The molecule has 1 aliphatic carbocycles. The number of anilines is 1. The fraction of sp³-hybridized carbons (Fsp3) is 0.333. The van der Waals surface area contributed by atoms with E-state index in [4.69, 9.17) is 4.42 Å². The van der Waals surface area contributed by atoms with Gasteiger partial charge in [-0.25, -0.2) is 4.58 Å². The van der Waals surface area contributed by atoms with Gasteiger partial charge in [0, 0.05) is 53.0 Å². The molecule has 2 aromatic carbocycles. The lowest BCUT2D eigenvalue weighted by Crippen LogP contribution is -2.40. The largest absolute Gasteiger partial charge is 0.545 e. The third kappa shape index (κ3) is 3.70. The quantitative estimate of drug-likeness (QED) is 0.335. The van der Waals surface area contributed by atoms with Crippen LogP contribution in [0.5, 0.6) is 0 Å². The van der Waals surface area contributed by atoms with Crippen molar-refractivity contribution in [2.75, 3.05) is 31.1 Å². The second-order valence-electron chi connectivity index (χ2n) is 10.8. The van der Waals surface area contributed by atoms with E-state index in [0.717, 1.165) is 70.6 Å². The Bertz CT molecular complexity index is 1510. The van der Waals surface area contributed by atoms with Crippen molar-refractivity contribution in [1.29, 1.82) is 0 Å². The van der Waals surface area contributed by atoms with Crippen LogP contribution in [0.2, 0.25) is 0 Å². The fourth-order valence-corrected chi connectivity index (χ4v) is 5.10. The maximum atomic E-state index is 12.3. The van der Waals surface area contributed by atoms with Crippen molar-refractivity contribution in [3.8, 4) is 22.5 Å². The van der Waals surface area contributed by atoms with E-state index >= 15 is 0 Å². The highest BCUT2D eigenvalue weighted by Gasteiger charge is 2.25. The lowest BCUT2D eigenvalue weighted by Gasteiger charge is -2.33. The molecule has 0 bridgehead atoms. The molecule has 0 amide bonds. The first-order valence-electron chi connectivity index (χ1n) is 12.5. The van der Waals surface area contributed by atoms with Crippen LogP contribution < -0.4 is 19.9 Å². The number of carboxylic acid groups (broad SMARTS) is 1. The first kappa shape index (κ1) is 21.9. The first-order chi connectivity index (χ1) is 16.8. The van der Waals surface area contributed by atoms with Crippen LogP contribution in [0, 0.1) is 0 Å². The van der Waals surface area contributed by atoms with E-state index in [2.05, 4.69) is 66.6 Å². The number of hydrogen-bond acceptors (Lipinski definition) is 4. The maximum Gasteiger partial charge on any atom is 0.203 e. The molecule has 5 nitrogen and oxygen atoms in total. The van der Waals surface area contributed by atoms with Gasteiger partial charge in [0.1, 0.15) is 24.4 Å². The summed E-state index contributed by atoms with van der Waals surface area (Å²) in [7, 11) is 0. The maximum absolute atomic E-state index is 12.3. The third-order valence-corrected chi connectivity index (χ3v) is 7.51. The van der Waals surface area contributed by atoms with Crippen molar-refractivity contribution in [2.24, 2.45) is 0 Å². The molecule has 5 heteroatoms. The Balaban J connectivity index is 1.70. The molecule has 6 rings (SSSR count). The molecule has 3 aliphatic heterocycles. The Labute approximate surface area is 205 Å². The minimum atomic E-state index is -1.17. The zero-order chi connectivity index (χ0) is 24.3. The van der Waals surface area contributed by atoms with E-state index in [0.29, 0.717) is 5.56 Å². The van der Waals surface area contributed by atoms with Crippen LogP contribution in [0.1, 0.15) is 49.5 Å². The van der Waals surface area contributed by atoms with Gasteiger partial charge in [0.25, 0.3) is 0 Å². The SMILES string of the molecule is CC(C)(C)c1ccc(C(=O)[O-])c(-c2c3ccc(=[N+]4CCC4)cc-3oc3cc(N4CCC4)ccc23)c1. The zero-order valence-electron chi connectivity index (χ0n) is 20.6. The predicted molar refractivity (Wildman–Crippen MR) is 138 cm³/mol. The van der Waals surface area contributed by atoms with Crippen molar-refractivity contribution < 1.29 is 14.3 Å². The summed E-state index contributed by atoms with van der Waals surface area (Å²) in [4.78, 5) is 14.6. The normalized spacial score (nSPS) is 15.9. The smallest absolute Gasteiger partial charge is 0.203 e. The van der Waals surface area contributed by atoms with Gasteiger partial charge in [-0.3, -0.25) is 0 Å². The van der Waals surface area contributed by atoms with E-state index in [1.807, 2.05) is 12.1 Å². The summed E-state index contributed by atoms with van der Waals surface area (Å²) in [6.45, 7) is 10.6. The molecule has 0 atom stereocenters. The molecule has 4 aliphatic rings. The molecule has 2 saturated heterocycles. The van der Waals surface area contributed by atoms with Crippen LogP contribution in [0.4, 0.5) is 5.69 Å². The minimum absolute atomic E-state index is 0.126. The van der Waals surface area contributed by atoms with E-state index in [1.165, 1.54) is 12.8 Å². The molecule has 3 heterocycles. The topological polar surface area (TPSA) is 59.5 Å². The van der Waals surface area contributed by atoms with Gasteiger partial charge < -0.3 is 19.2 Å². The summed E-state index contributed by atoms with van der Waals surface area (Å²) in [5.41, 5.74) is 5.53. The highest BCUT2D eigenvalue weighted by atomic mass is 16.4. The van der Waals surface area contributed by atoms with Crippen LogP contribution >= 0.6 is 0 Å². The Morgan fingerprint density at radius 3 is 2.37 bits per heavy atom. The van der Waals surface area contributed by atoms with Crippen molar-refractivity contribution in [3.63, 3.8) is 0 Å². The van der Waals surface area contributed by atoms with E-state index < -0.39 is 5.97 Å². The summed E-state index contributed by atoms with van der Waals surface area (Å²) in [6.07, 6.45) is 2.40. The Kier molecular flexibility index (Phi) is 4.99. The third-order valence-electron chi connectivity index (χ3n) is 7.51. The van der Waals surface area contributed by atoms with Gasteiger partial charge in [-0.15, -0.1) is 0 Å². The summed E-state index contributed by atoms with van der Waals surface area (Å²) in [6, 6.07) is 18.2. The zero-order valence-corrected chi connectivity index (χ0v) is 20.6. The Morgan fingerprint density at radius 1 is 0.943 bits per heavy atom. The Morgan fingerprint density at radius 2 is 1.74 bits per heavy atom. The summed E-state index contributed by atoms with van der Waals surface area (Å²) in [5.74, 6) is -0.403. The Hall–Kier alpha value is -3.60. The predicted octanol–water partition coefficient (Wildman–Crippen LogP) is 4.25.